The van der Waals surface area contributed by atoms with Crippen LogP contribution < -0.4 is 10.2 Å². The number of carbonyl (C=O) groups is 2. The van der Waals surface area contributed by atoms with Gasteiger partial charge in [-0.3, -0.25) is 19.7 Å². The number of anilines is 1. The number of amides is 1. The van der Waals surface area contributed by atoms with Crippen LogP contribution in [-0.4, -0.2) is 36.5 Å². The van der Waals surface area contributed by atoms with Crippen molar-refractivity contribution in [2.75, 3.05) is 19.0 Å². The van der Waals surface area contributed by atoms with Crippen molar-refractivity contribution in [1.82, 2.24) is 0 Å². The molecule has 0 saturated carbocycles. The number of ether oxygens (including phenoxy) is 1. The molecule has 1 aromatic carbocycles. The summed E-state index contributed by atoms with van der Waals surface area (Å²) in [5.41, 5.74) is 0.270. The Hall–Kier alpha value is -2.48. The van der Waals surface area contributed by atoms with E-state index in [1.54, 1.807) is 6.07 Å². The molecule has 1 spiro atoms. The summed E-state index contributed by atoms with van der Waals surface area (Å²) < 4.78 is 4.94. The summed E-state index contributed by atoms with van der Waals surface area (Å²) in [7, 11) is 1.36. The molecule has 3 aliphatic heterocycles. The molecule has 4 rings (SSSR count). The number of nitro benzene ring substituents is 1. The van der Waals surface area contributed by atoms with Gasteiger partial charge < -0.3 is 15.0 Å². The molecule has 126 valence electrons. The van der Waals surface area contributed by atoms with Gasteiger partial charge in [-0.2, -0.15) is 0 Å². The van der Waals surface area contributed by atoms with E-state index in [1.807, 2.05) is 0 Å². The molecule has 2 saturated heterocycles. The van der Waals surface area contributed by atoms with E-state index in [0.717, 1.165) is 24.3 Å². The van der Waals surface area contributed by atoms with Crippen LogP contribution in [0, 0.1) is 16.0 Å². The number of non-ortho nitro benzene ring substituents is 1. The van der Waals surface area contributed by atoms with Crippen LogP contribution in [0.5, 0.6) is 0 Å². The summed E-state index contributed by atoms with van der Waals surface area (Å²) in [6, 6.07) is 4.47. The van der Waals surface area contributed by atoms with Crippen molar-refractivity contribution in [2.24, 2.45) is 5.92 Å². The average molecular weight is 332 g/mol. The third kappa shape index (κ3) is 1.77. The predicted octanol–water partition coefficient (Wildman–Crippen LogP) is -0.0176. The topological polar surface area (TPSA) is 103 Å². The lowest BCUT2D eigenvalue weighted by Gasteiger charge is -2.29. The maximum Gasteiger partial charge on any atom is 0.315 e. The standard InChI is InChI=1S/C16H17N3O5/c1-24-14(20)10-8-16(18-6-2-3-13(10)18)11-7-9(19(22)23)4-5-12(11)17-15(16)21/h4-5,7,10,13H,2-3,6,8H2,1H3,(H,17,21)/p+1/t10-,13+,16-/m1/s1. The zero-order valence-corrected chi connectivity index (χ0v) is 13.2. The van der Waals surface area contributed by atoms with Crippen LogP contribution in [0.3, 0.4) is 0 Å². The van der Waals surface area contributed by atoms with Gasteiger partial charge in [0.2, 0.25) is 5.54 Å². The Morgan fingerprint density at radius 2 is 2.29 bits per heavy atom. The molecule has 0 bridgehead atoms. The number of nitrogens with one attached hydrogen (secondary N) is 2. The molecule has 2 fully saturated rings. The largest absolute Gasteiger partial charge is 0.469 e. The van der Waals surface area contributed by atoms with E-state index in [4.69, 9.17) is 4.74 Å². The van der Waals surface area contributed by atoms with Gasteiger partial charge >= 0.3 is 5.97 Å². The zero-order chi connectivity index (χ0) is 17.1. The van der Waals surface area contributed by atoms with Crippen molar-refractivity contribution >= 4 is 23.3 Å². The highest BCUT2D eigenvalue weighted by molar-refractivity contribution is 6.05. The third-order valence-corrected chi connectivity index (χ3v) is 5.78. The second kappa shape index (κ2) is 5.01. The van der Waals surface area contributed by atoms with E-state index < -0.39 is 10.5 Å². The summed E-state index contributed by atoms with van der Waals surface area (Å²) in [5.74, 6) is -0.835. The summed E-state index contributed by atoms with van der Waals surface area (Å²) in [4.78, 5) is 36.8. The van der Waals surface area contributed by atoms with Crippen LogP contribution in [-0.2, 0) is 19.9 Å². The first kappa shape index (κ1) is 15.1. The van der Waals surface area contributed by atoms with Gasteiger partial charge in [-0.25, -0.2) is 0 Å². The van der Waals surface area contributed by atoms with Crippen molar-refractivity contribution in [2.45, 2.75) is 30.8 Å². The molecule has 3 aliphatic rings. The number of carbonyl (C=O) groups excluding carboxylic acids is 2. The molecule has 3 heterocycles. The molecule has 1 unspecified atom stereocenters. The van der Waals surface area contributed by atoms with E-state index in [0.29, 0.717) is 17.7 Å². The molecule has 24 heavy (non-hydrogen) atoms. The maximum absolute atomic E-state index is 12.9. The number of quaternary nitrogens is 1. The number of benzene rings is 1. The Bertz CT molecular complexity index is 764. The molecule has 1 aromatic rings. The van der Waals surface area contributed by atoms with Crippen molar-refractivity contribution < 1.29 is 24.1 Å². The van der Waals surface area contributed by atoms with E-state index >= 15 is 0 Å². The first-order chi connectivity index (χ1) is 11.5. The summed E-state index contributed by atoms with van der Waals surface area (Å²) in [6.07, 6.45) is 2.11. The Morgan fingerprint density at radius 3 is 3.00 bits per heavy atom. The Labute approximate surface area is 137 Å². The molecule has 0 radical (unpaired) electrons. The van der Waals surface area contributed by atoms with Crippen LogP contribution in [0.2, 0.25) is 0 Å². The summed E-state index contributed by atoms with van der Waals surface area (Å²) >= 11 is 0. The number of methoxy groups -OCH3 is 1. The van der Waals surface area contributed by atoms with Gasteiger partial charge in [0, 0.05) is 31.4 Å². The normalized spacial score (nSPS) is 33.2. The van der Waals surface area contributed by atoms with Gasteiger partial charge in [0.15, 0.2) is 0 Å². The van der Waals surface area contributed by atoms with Crippen molar-refractivity contribution in [1.29, 1.82) is 0 Å². The number of hydrogen-bond acceptors (Lipinski definition) is 5. The minimum atomic E-state index is -0.929. The van der Waals surface area contributed by atoms with Crippen LogP contribution in [0.25, 0.3) is 0 Å². The molecular formula is C16H18N3O5+. The second-order valence-corrected chi connectivity index (χ2v) is 6.70. The number of nitrogens with zero attached hydrogens (tertiary/aromatic N) is 1. The summed E-state index contributed by atoms with van der Waals surface area (Å²) in [6.45, 7) is 0.772. The molecule has 0 aliphatic carbocycles. The Kier molecular flexibility index (Phi) is 3.14. The van der Waals surface area contributed by atoms with Gasteiger partial charge in [0.05, 0.1) is 29.8 Å². The fraction of sp³-hybridized carbons (Fsp3) is 0.500. The molecule has 4 atom stereocenters. The highest BCUT2D eigenvalue weighted by Gasteiger charge is 2.67. The van der Waals surface area contributed by atoms with Gasteiger partial charge in [0.1, 0.15) is 12.0 Å². The molecule has 8 nitrogen and oxygen atoms in total. The lowest BCUT2D eigenvalue weighted by molar-refractivity contribution is -0.947. The van der Waals surface area contributed by atoms with E-state index in [9.17, 15) is 19.7 Å². The van der Waals surface area contributed by atoms with Gasteiger partial charge in [-0.05, 0) is 6.07 Å². The highest BCUT2D eigenvalue weighted by Crippen LogP contribution is 2.45. The number of fused-ring (bicyclic) bond motifs is 4. The average Bonchev–Trinajstić information content (AvgIpc) is 3.22. The Balaban J connectivity index is 1.86. The van der Waals surface area contributed by atoms with Crippen molar-refractivity contribution in [3.05, 3.63) is 33.9 Å². The van der Waals surface area contributed by atoms with Gasteiger partial charge in [-0.1, -0.05) is 0 Å². The number of rotatable bonds is 2. The van der Waals surface area contributed by atoms with Crippen LogP contribution in [0.1, 0.15) is 24.8 Å². The minimum absolute atomic E-state index is 0.0217. The van der Waals surface area contributed by atoms with Crippen LogP contribution in [0.4, 0.5) is 11.4 Å². The van der Waals surface area contributed by atoms with Gasteiger partial charge in [-0.15, -0.1) is 0 Å². The van der Waals surface area contributed by atoms with Crippen LogP contribution in [0.15, 0.2) is 18.2 Å². The molecular weight excluding hydrogens is 314 g/mol. The van der Waals surface area contributed by atoms with Crippen LogP contribution >= 0.6 is 0 Å². The molecule has 0 aromatic heterocycles. The summed E-state index contributed by atoms with van der Waals surface area (Å²) in [5, 5.41) is 14.0. The first-order valence-corrected chi connectivity index (χ1v) is 8.03. The van der Waals surface area contributed by atoms with Gasteiger partial charge in [0.25, 0.3) is 11.6 Å². The smallest absolute Gasteiger partial charge is 0.315 e. The van der Waals surface area contributed by atoms with Crippen molar-refractivity contribution in [3.63, 3.8) is 0 Å². The Morgan fingerprint density at radius 1 is 1.50 bits per heavy atom. The molecule has 1 amide bonds. The van der Waals surface area contributed by atoms with E-state index in [-0.39, 0.29) is 29.5 Å². The zero-order valence-electron chi connectivity index (χ0n) is 13.2. The lowest BCUT2D eigenvalue weighted by atomic mass is 9.84. The quantitative estimate of drug-likeness (QED) is 0.450. The highest BCUT2D eigenvalue weighted by atomic mass is 16.6. The van der Waals surface area contributed by atoms with Crippen molar-refractivity contribution in [3.8, 4) is 0 Å². The monoisotopic (exact) mass is 332 g/mol. The maximum atomic E-state index is 12.9. The first-order valence-electron chi connectivity index (χ1n) is 8.03. The number of hydrogen-bond donors (Lipinski definition) is 2. The SMILES string of the molecule is COC(=O)[C@@H]1C[C@@]2(C(=O)Nc3ccc([N+](=O)[O-])cc32)[NH+]2CCC[C@@H]12. The predicted molar refractivity (Wildman–Crippen MR) is 82.4 cm³/mol. The lowest BCUT2D eigenvalue weighted by Crippen LogP contribution is -3.19. The second-order valence-electron chi connectivity index (χ2n) is 6.70. The van der Waals surface area contributed by atoms with E-state index in [2.05, 4.69) is 5.32 Å². The third-order valence-electron chi connectivity index (χ3n) is 5.78. The number of nitro groups is 1. The minimum Gasteiger partial charge on any atom is -0.469 e. The fourth-order valence-electron chi connectivity index (χ4n) is 4.83. The molecule has 8 heteroatoms. The fourth-order valence-corrected chi connectivity index (χ4v) is 4.83. The number of esters is 1. The molecule has 2 N–H and O–H groups in total. The van der Waals surface area contributed by atoms with E-state index in [1.165, 1.54) is 19.2 Å².